The number of nitrogens with zero attached hydrogens (tertiary/aromatic N) is 3. The molecule has 0 aliphatic rings. The number of amides is 1. The van der Waals surface area contributed by atoms with Crippen molar-refractivity contribution >= 4 is 5.91 Å². The molecule has 6 heteroatoms. The lowest BCUT2D eigenvalue weighted by Gasteiger charge is -2.20. The van der Waals surface area contributed by atoms with Crippen molar-refractivity contribution in [2.24, 2.45) is 0 Å². The van der Waals surface area contributed by atoms with Crippen molar-refractivity contribution in [1.82, 2.24) is 20.0 Å². The number of aryl methyl sites for hydroxylation is 2. The maximum Gasteiger partial charge on any atom is 0.270 e. The van der Waals surface area contributed by atoms with E-state index in [0.717, 1.165) is 49.3 Å². The average Bonchev–Trinajstić information content (AvgIpc) is 3.24. The summed E-state index contributed by atoms with van der Waals surface area (Å²) in [6, 6.07) is 14.2. The molecule has 0 radical (unpaired) electrons. The summed E-state index contributed by atoms with van der Waals surface area (Å²) in [5.41, 5.74) is 4.09. The SMILES string of the molecule is CCN(CC)CCCC(C)NC(=O)c1cc(-c2ccccc2F)nn1-c1cc(C)ccc1C. The Labute approximate surface area is 196 Å². The van der Waals surface area contributed by atoms with Crippen LogP contribution in [-0.2, 0) is 0 Å². The molecule has 1 aromatic heterocycles. The number of carbonyl (C=O) groups is 1. The van der Waals surface area contributed by atoms with Crippen molar-refractivity contribution in [3.8, 4) is 16.9 Å². The standard InChI is InChI=1S/C27H35FN4O/c1-6-31(7-2)16-10-11-21(5)29-27(33)26-18-24(22-12-8-9-13-23(22)28)30-32(26)25-17-19(3)14-15-20(25)4/h8-9,12-15,17-18,21H,6-7,10-11,16H2,1-5H3,(H,29,33). The third kappa shape index (κ3) is 6.08. The minimum Gasteiger partial charge on any atom is -0.348 e. The molecule has 1 heterocycles. The Morgan fingerprint density at radius 2 is 1.85 bits per heavy atom. The van der Waals surface area contributed by atoms with E-state index in [1.165, 1.54) is 6.07 Å². The van der Waals surface area contributed by atoms with Crippen molar-refractivity contribution < 1.29 is 9.18 Å². The molecule has 0 spiro atoms. The number of nitrogens with one attached hydrogen (secondary N) is 1. The van der Waals surface area contributed by atoms with Crippen molar-refractivity contribution in [3.63, 3.8) is 0 Å². The van der Waals surface area contributed by atoms with Gasteiger partial charge in [-0.25, -0.2) is 9.07 Å². The summed E-state index contributed by atoms with van der Waals surface area (Å²) in [5.74, 6) is -0.568. The molecule has 1 unspecified atom stereocenters. The molecular weight excluding hydrogens is 415 g/mol. The van der Waals surface area contributed by atoms with Crippen LogP contribution in [-0.4, -0.2) is 46.3 Å². The van der Waals surface area contributed by atoms with Crippen LogP contribution in [0.25, 0.3) is 16.9 Å². The molecule has 1 atom stereocenters. The van der Waals surface area contributed by atoms with E-state index in [1.807, 2.05) is 39.0 Å². The maximum absolute atomic E-state index is 14.5. The van der Waals surface area contributed by atoms with Crippen LogP contribution in [0.15, 0.2) is 48.5 Å². The van der Waals surface area contributed by atoms with E-state index < -0.39 is 0 Å². The van der Waals surface area contributed by atoms with E-state index in [9.17, 15) is 9.18 Å². The third-order valence-corrected chi connectivity index (χ3v) is 6.07. The molecule has 33 heavy (non-hydrogen) atoms. The van der Waals surface area contributed by atoms with Crippen molar-refractivity contribution in [3.05, 3.63) is 71.2 Å². The van der Waals surface area contributed by atoms with Gasteiger partial charge in [-0.15, -0.1) is 0 Å². The Balaban J connectivity index is 1.89. The van der Waals surface area contributed by atoms with Crippen LogP contribution < -0.4 is 5.32 Å². The number of hydrogen-bond donors (Lipinski definition) is 1. The van der Waals surface area contributed by atoms with Gasteiger partial charge in [0.15, 0.2) is 0 Å². The molecule has 0 saturated carbocycles. The summed E-state index contributed by atoms with van der Waals surface area (Å²) in [6.07, 6.45) is 1.90. The van der Waals surface area contributed by atoms with Crippen molar-refractivity contribution in [2.75, 3.05) is 19.6 Å². The van der Waals surface area contributed by atoms with E-state index in [-0.39, 0.29) is 17.8 Å². The molecule has 0 aliphatic carbocycles. The lowest BCUT2D eigenvalue weighted by Crippen LogP contribution is -2.34. The second-order valence-electron chi connectivity index (χ2n) is 8.64. The Kier molecular flexibility index (Phi) is 8.39. The van der Waals surface area contributed by atoms with Gasteiger partial charge in [-0.2, -0.15) is 5.10 Å². The van der Waals surface area contributed by atoms with Crippen LogP contribution in [0.2, 0.25) is 0 Å². The molecule has 3 rings (SSSR count). The molecule has 0 saturated heterocycles. The molecule has 5 nitrogen and oxygen atoms in total. The Morgan fingerprint density at radius 1 is 1.12 bits per heavy atom. The monoisotopic (exact) mass is 450 g/mol. The second-order valence-corrected chi connectivity index (χ2v) is 8.64. The van der Waals surface area contributed by atoms with Crippen LogP contribution in [0.1, 0.15) is 55.2 Å². The zero-order chi connectivity index (χ0) is 24.0. The van der Waals surface area contributed by atoms with Gasteiger partial charge in [0, 0.05) is 11.6 Å². The fraction of sp³-hybridized carbons (Fsp3) is 0.407. The highest BCUT2D eigenvalue weighted by atomic mass is 19.1. The highest BCUT2D eigenvalue weighted by Gasteiger charge is 2.21. The topological polar surface area (TPSA) is 50.2 Å². The summed E-state index contributed by atoms with van der Waals surface area (Å²) >= 11 is 0. The largest absolute Gasteiger partial charge is 0.348 e. The van der Waals surface area contributed by atoms with Gasteiger partial charge in [0.1, 0.15) is 11.5 Å². The number of rotatable bonds is 10. The quantitative estimate of drug-likeness (QED) is 0.441. The van der Waals surface area contributed by atoms with E-state index in [1.54, 1.807) is 28.9 Å². The molecule has 2 aromatic carbocycles. The van der Waals surface area contributed by atoms with Crippen LogP contribution in [0.5, 0.6) is 0 Å². The number of carbonyl (C=O) groups excluding carboxylic acids is 1. The van der Waals surface area contributed by atoms with Gasteiger partial charge in [0.05, 0.1) is 11.4 Å². The molecule has 176 valence electrons. The summed E-state index contributed by atoms with van der Waals surface area (Å²) in [6.45, 7) is 13.4. The first-order chi connectivity index (χ1) is 15.8. The summed E-state index contributed by atoms with van der Waals surface area (Å²) in [5, 5.41) is 7.78. The molecule has 1 N–H and O–H groups in total. The van der Waals surface area contributed by atoms with Crippen molar-refractivity contribution in [2.45, 2.75) is 53.5 Å². The average molecular weight is 451 g/mol. The van der Waals surface area contributed by atoms with E-state index in [2.05, 4.69) is 29.2 Å². The summed E-state index contributed by atoms with van der Waals surface area (Å²) in [7, 11) is 0. The van der Waals surface area contributed by atoms with Crippen LogP contribution in [0, 0.1) is 19.7 Å². The summed E-state index contributed by atoms with van der Waals surface area (Å²) < 4.78 is 16.1. The number of aromatic nitrogens is 2. The fourth-order valence-corrected chi connectivity index (χ4v) is 4.01. The normalized spacial score (nSPS) is 12.2. The smallest absolute Gasteiger partial charge is 0.270 e. The lowest BCUT2D eigenvalue weighted by molar-refractivity contribution is 0.0929. The Hall–Kier alpha value is -2.99. The minimum absolute atomic E-state index is 0.0203. The Morgan fingerprint density at radius 3 is 2.55 bits per heavy atom. The molecule has 1 amide bonds. The minimum atomic E-state index is -0.361. The van der Waals surface area contributed by atoms with Gasteiger partial charge in [-0.1, -0.05) is 38.1 Å². The first-order valence-corrected chi connectivity index (χ1v) is 11.8. The third-order valence-electron chi connectivity index (χ3n) is 6.07. The van der Waals surface area contributed by atoms with Gasteiger partial charge in [-0.3, -0.25) is 4.79 Å². The van der Waals surface area contributed by atoms with Crippen LogP contribution >= 0.6 is 0 Å². The first-order valence-electron chi connectivity index (χ1n) is 11.8. The molecule has 0 fully saturated rings. The van der Waals surface area contributed by atoms with E-state index >= 15 is 0 Å². The predicted molar refractivity (Wildman–Crippen MR) is 132 cm³/mol. The maximum atomic E-state index is 14.5. The molecule has 3 aromatic rings. The highest BCUT2D eigenvalue weighted by Crippen LogP contribution is 2.26. The predicted octanol–water partition coefficient (Wildman–Crippen LogP) is 5.54. The van der Waals surface area contributed by atoms with Gasteiger partial charge in [0.25, 0.3) is 5.91 Å². The zero-order valence-electron chi connectivity index (χ0n) is 20.4. The van der Waals surface area contributed by atoms with Gasteiger partial charge < -0.3 is 10.2 Å². The zero-order valence-corrected chi connectivity index (χ0v) is 20.4. The number of benzene rings is 2. The fourth-order valence-electron chi connectivity index (χ4n) is 4.01. The summed E-state index contributed by atoms with van der Waals surface area (Å²) in [4.78, 5) is 15.7. The lowest BCUT2D eigenvalue weighted by atomic mass is 10.1. The highest BCUT2D eigenvalue weighted by molar-refractivity contribution is 5.94. The Bertz CT molecular complexity index is 1090. The van der Waals surface area contributed by atoms with Crippen LogP contribution in [0.3, 0.4) is 0 Å². The van der Waals surface area contributed by atoms with Crippen LogP contribution in [0.4, 0.5) is 4.39 Å². The van der Waals surface area contributed by atoms with Gasteiger partial charge in [0.2, 0.25) is 0 Å². The first kappa shape index (κ1) is 24.6. The molecule has 0 bridgehead atoms. The van der Waals surface area contributed by atoms with Crippen molar-refractivity contribution in [1.29, 1.82) is 0 Å². The molecular formula is C27H35FN4O. The number of hydrogen-bond acceptors (Lipinski definition) is 3. The van der Waals surface area contributed by atoms with Gasteiger partial charge >= 0.3 is 0 Å². The van der Waals surface area contributed by atoms with Gasteiger partial charge in [-0.05, 0) is 88.6 Å². The second kappa shape index (κ2) is 11.2. The van der Waals surface area contributed by atoms with E-state index in [0.29, 0.717) is 17.0 Å². The number of halogens is 1. The van der Waals surface area contributed by atoms with E-state index in [4.69, 9.17) is 0 Å². The molecule has 0 aliphatic heterocycles.